The van der Waals surface area contributed by atoms with Crippen LogP contribution < -0.4 is 9.80 Å². The lowest BCUT2D eigenvalue weighted by atomic mass is 10.1. The standard InChI is InChI=1S/C19H20N2O4/c1-20-11-9-13-12-14(7-8-16(13)20)21-10-5-4-6-15(18(22)24-2)17(21)19(23)25-3/h4-8,10,12H,9,11H2,1-3H3. The van der Waals surface area contributed by atoms with Crippen LogP contribution in [0.15, 0.2) is 53.9 Å². The summed E-state index contributed by atoms with van der Waals surface area (Å²) in [5, 5.41) is 0. The van der Waals surface area contributed by atoms with Crippen molar-refractivity contribution in [3.63, 3.8) is 0 Å². The maximum Gasteiger partial charge on any atom is 0.355 e. The van der Waals surface area contributed by atoms with Gasteiger partial charge in [0, 0.05) is 31.2 Å². The summed E-state index contributed by atoms with van der Waals surface area (Å²) in [6.45, 7) is 0.962. The van der Waals surface area contributed by atoms with E-state index in [4.69, 9.17) is 9.47 Å². The predicted octanol–water partition coefficient (Wildman–Crippen LogP) is 2.17. The van der Waals surface area contributed by atoms with Crippen LogP contribution in [0.3, 0.4) is 0 Å². The van der Waals surface area contributed by atoms with E-state index < -0.39 is 11.9 Å². The molecule has 0 unspecified atom stereocenters. The molecule has 0 N–H and O–H groups in total. The summed E-state index contributed by atoms with van der Waals surface area (Å²) >= 11 is 0. The molecule has 0 aliphatic carbocycles. The molecule has 6 nitrogen and oxygen atoms in total. The summed E-state index contributed by atoms with van der Waals surface area (Å²) in [6, 6.07) is 5.98. The maximum atomic E-state index is 12.4. The molecule has 0 spiro atoms. The molecular weight excluding hydrogens is 320 g/mol. The Hall–Kier alpha value is -3.02. The van der Waals surface area contributed by atoms with Crippen molar-refractivity contribution in [2.75, 3.05) is 37.6 Å². The molecule has 25 heavy (non-hydrogen) atoms. The molecule has 130 valence electrons. The van der Waals surface area contributed by atoms with Gasteiger partial charge in [0.2, 0.25) is 0 Å². The Bertz CT molecular complexity index is 808. The molecule has 0 bridgehead atoms. The van der Waals surface area contributed by atoms with E-state index in [1.807, 2.05) is 18.2 Å². The molecule has 0 saturated heterocycles. The average molecular weight is 340 g/mol. The first-order valence-electron chi connectivity index (χ1n) is 7.96. The van der Waals surface area contributed by atoms with Crippen molar-refractivity contribution >= 4 is 23.3 Å². The van der Waals surface area contributed by atoms with Crippen LogP contribution in [0.2, 0.25) is 0 Å². The van der Waals surface area contributed by atoms with Gasteiger partial charge in [0.15, 0.2) is 0 Å². The quantitative estimate of drug-likeness (QED) is 0.786. The van der Waals surface area contributed by atoms with Crippen LogP contribution in [0.25, 0.3) is 0 Å². The highest BCUT2D eigenvalue weighted by atomic mass is 16.5. The number of benzene rings is 1. The third kappa shape index (κ3) is 3.03. The minimum absolute atomic E-state index is 0.130. The van der Waals surface area contributed by atoms with E-state index in [1.165, 1.54) is 25.5 Å². The highest BCUT2D eigenvalue weighted by molar-refractivity contribution is 6.05. The van der Waals surface area contributed by atoms with Crippen LogP contribution in [0.1, 0.15) is 5.56 Å². The number of methoxy groups -OCH3 is 2. The summed E-state index contributed by atoms with van der Waals surface area (Å²) in [4.78, 5) is 28.4. The van der Waals surface area contributed by atoms with Gasteiger partial charge in [-0.25, -0.2) is 9.59 Å². The molecule has 1 aromatic carbocycles. The number of ether oxygens (including phenoxy) is 2. The Balaban J connectivity index is 2.12. The number of anilines is 2. The van der Waals surface area contributed by atoms with Crippen LogP contribution in [0.4, 0.5) is 11.4 Å². The summed E-state index contributed by atoms with van der Waals surface area (Å²) in [6.07, 6.45) is 7.68. The molecule has 0 amide bonds. The van der Waals surface area contributed by atoms with E-state index in [2.05, 4.69) is 11.9 Å². The number of rotatable bonds is 3. The second-order valence-electron chi connectivity index (χ2n) is 5.80. The number of allylic oxidation sites excluding steroid dienone is 2. The Labute approximate surface area is 146 Å². The minimum Gasteiger partial charge on any atom is -0.465 e. The lowest BCUT2D eigenvalue weighted by Gasteiger charge is -2.24. The molecule has 1 aromatic rings. The zero-order valence-electron chi connectivity index (χ0n) is 14.5. The van der Waals surface area contributed by atoms with Gasteiger partial charge < -0.3 is 19.3 Å². The van der Waals surface area contributed by atoms with Crippen molar-refractivity contribution in [2.45, 2.75) is 6.42 Å². The lowest BCUT2D eigenvalue weighted by molar-refractivity contribution is -0.139. The number of nitrogens with zero attached hydrogens (tertiary/aromatic N) is 2. The van der Waals surface area contributed by atoms with Gasteiger partial charge in [-0.3, -0.25) is 0 Å². The molecular formula is C19H20N2O4. The number of esters is 2. The van der Waals surface area contributed by atoms with Gasteiger partial charge in [-0.15, -0.1) is 0 Å². The fraction of sp³-hybridized carbons (Fsp3) is 0.263. The third-order valence-electron chi connectivity index (χ3n) is 4.36. The van der Waals surface area contributed by atoms with Crippen molar-refractivity contribution in [1.29, 1.82) is 0 Å². The van der Waals surface area contributed by atoms with Crippen LogP contribution in [0, 0.1) is 0 Å². The minimum atomic E-state index is -0.603. The Morgan fingerprint density at radius 1 is 1.08 bits per heavy atom. The number of hydrogen-bond donors (Lipinski definition) is 0. The third-order valence-corrected chi connectivity index (χ3v) is 4.36. The zero-order valence-corrected chi connectivity index (χ0v) is 14.5. The summed E-state index contributed by atoms with van der Waals surface area (Å²) in [7, 11) is 4.63. The van der Waals surface area contributed by atoms with E-state index >= 15 is 0 Å². The lowest BCUT2D eigenvalue weighted by Crippen LogP contribution is -2.27. The monoisotopic (exact) mass is 340 g/mol. The number of carbonyl (C=O) groups is 2. The summed E-state index contributed by atoms with van der Waals surface area (Å²) < 4.78 is 9.73. The van der Waals surface area contributed by atoms with Crippen LogP contribution in [-0.2, 0) is 25.5 Å². The number of hydrogen-bond acceptors (Lipinski definition) is 6. The molecule has 0 saturated carbocycles. The van der Waals surface area contributed by atoms with Crippen molar-refractivity contribution < 1.29 is 19.1 Å². The van der Waals surface area contributed by atoms with Gasteiger partial charge in [-0.1, -0.05) is 6.08 Å². The maximum absolute atomic E-state index is 12.4. The van der Waals surface area contributed by atoms with Crippen molar-refractivity contribution in [1.82, 2.24) is 0 Å². The summed E-state index contributed by atoms with van der Waals surface area (Å²) in [5.41, 5.74) is 3.45. The number of likely N-dealkylation sites (N-methyl/N-ethyl adjacent to an activating group) is 1. The Kier molecular flexibility index (Phi) is 4.61. The van der Waals surface area contributed by atoms with Crippen LogP contribution >= 0.6 is 0 Å². The molecule has 2 aliphatic rings. The van der Waals surface area contributed by atoms with Crippen molar-refractivity contribution in [3.05, 3.63) is 59.5 Å². The number of carbonyl (C=O) groups excluding carboxylic acids is 2. The highest BCUT2D eigenvalue weighted by Crippen LogP contribution is 2.33. The molecule has 0 radical (unpaired) electrons. The first kappa shape index (κ1) is 16.8. The topological polar surface area (TPSA) is 59.1 Å². The fourth-order valence-corrected chi connectivity index (χ4v) is 3.07. The van der Waals surface area contributed by atoms with Crippen LogP contribution in [-0.4, -0.2) is 39.8 Å². The summed E-state index contributed by atoms with van der Waals surface area (Å²) in [5.74, 6) is -1.19. The molecule has 2 heterocycles. The van der Waals surface area contributed by atoms with Gasteiger partial charge in [0.25, 0.3) is 0 Å². The van der Waals surface area contributed by atoms with E-state index in [1.54, 1.807) is 29.3 Å². The van der Waals surface area contributed by atoms with Gasteiger partial charge in [0.05, 0.1) is 19.8 Å². The molecule has 6 heteroatoms. The van der Waals surface area contributed by atoms with Gasteiger partial charge in [0.1, 0.15) is 5.70 Å². The van der Waals surface area contributed by atoms with E-state index in [9.17, 15) is 9.59 Å². The first-order valence-corrected chi connectivity index (χ1v) is 7.96. The normalized spacial score (nSPS) is 16.0. The second-order valence-corrected chi connectivity index (χ2v) is 5.80. The SMILES string of the molecule is COC(=O)C1=C(C(=O)OC)N(c2ccc3c(c2)CCN3C)C=CC=C1. The Morgan fingerprint density at radius 2 is 1.84 bits per heavy atom. The molecule has 0 atom stereocenters. The first-order chi connectivity index (χ1) is 12.1. The molecule has 0 aromatic heterocycles. The predicted molar refractivity (Wildman–Crippen MR) is 95.2 cm³/mol. The molecule has 3 rings (SSSR count). The van der Waals surface area contributed by atoms with Crippen LogP contribution in [0.5, 0.6) is 0 Å². The largest absolute Gasteiger partial charge is 0.465 e. The zero-order chi connectivity index (χ0) is 18.0. The number of fused-ring (bicyclic) bond motifs is 1. The smallest absolute Gasteiger partial charge is 0.355 e. The fourth-order valence-electron chi connectivity index (χ4n) is 3.07. The van der Waals surface area contributed by atoms with Gasteiger partial charge in [-0.2, -0.15) is 0 Å². The van der Waals surface area contributed by atoms with Gasteiger partial charge in [-0.05, 0) is 42.3 Å². The van der Waals surface area contributed by atoms with E-state index in [-0.39, 0.29) is 11.3 Å². The van der Waals surface area contributed by atoms with E-state index in [0.717, 1.165) is 18.7 Å². The average Bonchev–Trinajstić information content (AvgIpc) is 2.87. The van der Waals surface area contributed by atoms with Crippen molar-refractivity contribution in [2.24, 2.45) is 0 Å². The molecule has 0 fully saturated rings. The highest BCUT2D eigenvalue weighted by Gasteiger charge is 2.28. The van der Waals surface area contributed by atoms with Gasteiger partial charge >= 0.3 is 11.9 Å². The second kappa shape index (κ2) is 6.84. The molecule has 2 aliphatic heterocycles. The van der Waals surface area contributed by atoms with E-state index in [0.29, 0.717) is 0 Å². The Morgan fingerprint density at radius 3 is 2.56 bits per heavy atom. The van der Waals surface area contributed by atoms with Crippen molar-refractivity contribution in [3.8, 4) is 0 Å².